The van der Waals surface area contributed by atoms with Gasteiger partial charge in [0.1, 0.15) is 29.2 Å². The molecule has 0 bridgehead atoms. The second-order valence-corrected chi connectivity index (χ2v) is 4.72. The van der Waals surface area contributed by atoms with Gasteiger partial charge in [-0.3, -0.25) is 0 Å². The minimum atomic E-state index is -0.642. The monoisotopic (exact) mass is 287 g/mol. The van der Waals surface area contributed by atoms with E-state index in [9.17, 15) is 4.79 Å². The molecule has 0 spiro atoms. The van der Waals surface area contributed by atoms with Crippen LogP contribution in [0.15, 0.2) is 17.7 Å². The fourth-order valence-electron chi connectivity index (χ4n) is 2.25. The quantitative estimate of drug-likeness (QED) is 0.483. The first-order chi connectivity index (χ1) is 10.1. The lowest BCUT2D eigenvalue weighted by molar-refractivity contribution is -0.137. The highest BCUT2D eigenvalue weighted by atomic mass is 16.5. The number of nitriles is 1. The number of hydrogen-bond donors (Lipinski definition) is 0. The van der Waals surface area contributed by atoms with Gasteiger partial charge in [0.2, 0.25) is 0 Å². The molecule has 1 aromatic rings. The van der Waals surface area contributed by atoms with E-state index < -0.39 is 5.97 Å². The van der Waals surface area contributed by atoms with Crippen molar-refractivity contribution in [3.63, 3.8) is 0 Å². The molecule has 1 aliphatic heterocycles. The normalized spacial score (nSPS) is 16.7. The van der Waals surface area contributed by atoms with Crippen molar-refractivity contribution in [1.82, 2.24) is 0 Å². The number of ether oxygens (including phenoxy) is 3. The molecule has 0 N–H and O–H groups in total. The molecular weight excluding hydrogens is 270 g/mol. The Kier molecular flexibility index (Phi) is 4.49. The van der Waals surface area contributed by atoms with Crippen molar-refractivity contribution in [3.8, 4) is 17.6 Å². The van der Waals surface area contributed by atoms with Gasteiger partial charge in [-0.15, -0.1) is 0 Å². The summed E-state index contributed by atoms with van der Waals surface area (Å²) in [5.41, 5.74) is 1.61. The lowest BCUT2D eigenvalue weighted by Gasteiger charge is -2.09. The molecule has 1 aliphatic rings. The molecule has 21 heavy (non-hydrogen) atoms. The van der Waals surface area contributed by atoms with Crippen molar-refractivity contribution < 1.29 is 19.0 Å². The molecule has 1 unspecified atom stereocenters. The lowest BCUT2D eigenvalue weighted by Crippen LogP contribution is -2.06. The molecule has 0 saturated carbocycles. The molecule has 1 heterocycles. The molecular formula is C16H17NO4. The second kappa shape index (κ2) is 6.31. The fraction of sp³-hybridized carbons (Fsp3) is 0.375. The average Bonchev–Trinajstić information content (AvgIpc) is 2.82. The van der Waals surface area contributed by atoms with Crippen LogP contribution in [0, 0.1) is 11.3 Å². The Hall–Kier alpha value is -2.48. The summed E-state index contributed by atoms with van der Waals surface area (Å²) >= 11 is 0. The third-order valence-electron chi connectivity index (χ3n) is 3.16. The molecule has 0 aromatic heterocycles. The number of benzene rings is 1. The van der Waals surface area contributed by atoms with E-state index >= 15 is 0 Å². The Morgan fingerprint density at radius 2 is 2.33 bits per heavy atom. The molecule has 5 heteroatoms. The van der Waals surface area contributed by atoms with Gasteiger partial charge in [-0.1, -0.05) is 0 Å². The molecule has 110 valence electrons. The third kappa shape index (κ3) is 3.16. The molecule has 0 fully saturated rings. The van der Waals surface area contributed by atoms with Crippen LogP contribution in [0.25, 0.3) is 6.08 Å². The van der Waals surface area contributed by atoms with Crippen molar-refractivity contribution in [2.24, 2.45) is 0 Å². The summed E-state index contributed by atoms with van der Waals surface area (Å²) in [5.74, 6) is 0.719. The fourth-order valence-corrected chi connectivity index (χ4v) is 2.25. The molecule has 1 aromatic carbocycles. The van der Waals surface area contributed by atoms with Crippen molar-refractivity contribution >= 4 is 12.0 Å². The first kappa shape index (κ1) is 14.9. The number of methoxy groups -OCH3 is 1. The van der Waals surface area contributed by atoms with Gasteiger partial charge in [-0.05, 0) is 32.1 Å². The Labute approximate surface area is 123 Å². The maximum absolute atomic E-state index is 11.7. The maximum atomic E-state index is 11.7. The van der Waals surface area contributed by atoms with Crippen molar-refractivity contribution in [3.05, 3.63) is 28.8 Å². The van der Waals surface area contributed by atoms with Crippen LogP contribution in [0.1, 0.15) is 25.0 Å². The van der Waals surface area contributed by atoms with Crippen LogP contribution in [0.4, 0.5) is 0 Å². The molecule has 5 nitrogen and oxygen atoms in total. The number of nitrogens with zero attached hydrogens (tertiary/aromatic N) is 1. The van der Waals surface area contributed by atoms with Crippen LogP contribution in [0.2, 0.25) is 0 Å². The molecule has 0 amide bonds. The van der Waals surface area contributed by atoms with E-state index in [2.05, 4.69) is 0 Å². The summed E-state index contributed by atoms with van der Waals surface area (Å²) in [6.07, 6.45) is 2.40. The van der Waals surface area contributed by atoms with Crippen LogP contribution >= 0.6 is 0 Å². The van der Waals surface area contributed by atoms with Gasteiger partial charge in [-0.25, -0.2) is 4.79 Å². The van der Waals surface area contributed by atoms with E-state index in [0.717, 1.165) is 17.7 Å². The van der Waals surface area contributed by atoms with Crippen LogP contribution in [-0.2, 0) is 16.0 Å². The maximum Gasteiger partial charge on any atom is 0.348 e. The van der Waals surface area contributed by atoms with Crippen LogP contribution in [0.5, 0.6) is 11.5 Å². The topological polar surface area (TPSA) is 68.6 Å². The Morgan fingerprint density at radius 3 is 2.95 bits per heavy atom. The summed E-state index contributed by atoms with van der Waals surface area (Å²) in [4.78, 5) is 11.7. The van der Waals surface area contributed by atoms with Gasteiger partial charge < -0.3 is 14.2 Å². The summed E-state index contributed by atoms with van der Waals surface area (Å²) in [6, 6.07) is 5.52. The minimum absolute atomic E-state index is 0.0684. The van der Waals surface area contributed by atoms with Gasteiger partial charge in [0.05, 0.1) is 13.7 Å². The first-order valence-electron chi connectivity index (χ1n) is 6.75. The zero-order valence-corrected chi connectivity index (χ0v) is 12.3. The van der Waals surface area contributed by atoms with E-state index in [-0.39, 0.29) is 18.3 Å². The Balaban J connectivity index is 2.42. The number of hydrogen-bond acceptors (Lipinski definition) is 5. The van der Waals surface area contributed by atoms with E-state index in [1.807, 2.05) is 19.1 Å². The number of fused-ring (bicyclic) bond motifs is 1. The highest BCUT2D eigenvalue weighted by Gasteiger charge is 2.22. The van der Waals surface area contributed by atoms with Crippen molar-refractivity contribution in [1.29, 1.82) is 5.26 Å². The lowest BCUT2D eigenvalue weighted by atomic mass is 10.0. The number of esters is 1. The molecule has 0 aliphatic carbocycles. The van der Waals surface area contributed by atoms with E-state index in [1.54, 1.807) is 20.1 Å². The van der Waals surface area contributed by atoms with Gasteiger partial charge in [0.15, 0.2) is 0 Å². The second-order valence-electron chi connectivity index (χ2n) is 4.72. The van der Waals surface area contributed by atoms with Gasteiger partial charge >= 0.3 is 5.97 Å². The standard InChI is InChI=1S/C16H17NO4/c1-4-20-16(18)13(9-17)6-12-8-15-11(5-10(2)21-15)7-14(12)19-3/h6-8,10H,4-5H2,1-3H3/b13-6+. The van der Waals surface area contributed by atoms with Crippen molar-refractivity contribution in [2.75, 3.05) is 13.7 Å². The number of rotatable bonds is 4. The summed E-state index contributed by atoms with van der Waals surface area (Å²) < 4.78 is 15.9. The van der Waals surface area contributed by atoms with Crippen LogP contribution in [-0.4, -0.2) is 25.8 Å². The zero-order chi connectivity index (χ0) is 15.4. The van der Waals surface area contributed by atoms with E-state index in [1.165, 1.54) is 6.08 Å². The average molecular weight is 287 g/mol. The van der Waals surface area contributed by atoms with Crippen LogP contribution < -0.4 is 9.47 Å². The largest absolute Gasteiger partial charge is 0.496 e. The summed E-state index contributed by atoms with van der Waals surface area (Å²) in [5, 5.41) is 9.09. The number of carbonyl (C=O) groups is 1. The molecule has 2 rings (SSSR count). The smallest absolute Gasteiger partial charge is 0.348 e. The molecule has 0 saturated heterocycles. The molecule has 0 radical (unpaired) electrons. The predicted molar refractivity (Wildman–Crippen MR) is 77.0 cm³/mol. The van der Waals surface area contributed by atoms with E-state index in [4.69, 9.17) is 19.5 Å². The van der Waals surface area contributed by atoms with Gasteiger partial charge in [0.25, 0.3) is 0 Å². The summed E-state index contributed by atoms with van der Waals surface area (Å²) in [6.45, 7) is 3.90. The Morgan fingerprint density at radius 1 is 1.57 bits per heavy atom. The van der Waals surface area contributed by atoms with E-state index in [0.29, 0.717) is 11.3 Å². The highest BCUT2D eigenvalue weighted by Crippen LogP contribution is 2.35. The molecule has 1 atom stereocenters. The Bertz CT molecular complexity index is 628. The van der Waals surface area contributed by atoms with Crippen LogP contribution in [0.3, 0.4) is 0 Å². The summed E-state index contributed by atoms with van der Waals surface area (Å²) in [7, 11) is 1.55. The highest BCUT2D eigenvalue weighted by molar-refractivity contribution is 5.98. The predicted octanol–water partition coefficient (Wildman–Crippen LogP) is 2.49. The first-order valence-corrected chi connectivity index (χ1v) is 6.75. The third-order valence-corrected chi connectivity index (χ3v) is 3.16. The van der Waals surface area contributed by atoms with Crippen molar-refractivity contribution in [2.45, 2.75) is 26.4 Å². The van der Waals surface area contributed by atoms with Gasteiger partial charge in [-0.2, -0.15) is 5.26 Å². The van der Waals surface area contributed by atoms with Gasteiger partial charge in [0, 0.05) is 17.5 Å². The SMILES string of the molecule is CCOC(=O)/C(C#N)=C/c1cc2c(cc1OC)CC(C)O2. The number of carbonyl (C=O) groups excluding carboxylic acids is 1. The zero-order valence-electron chi connectivity index (χ0n) is 12.3. The minimum Gasteiger partial charge on any atom is -0.496 e.